The van der Waals surface area contributed by atoms with Crippen molar-refractivity contribution in [2.75, 3.05) is 0 Å². The number of rotatable bonds is 9. The molecule has 0 N–H and O–H groups in total. The number of nitrogens with zero attached hydrogens (tertiary/aromatic N) is 1. The summed E-state index contributed by atoms with van der Waals surface area (Å²) < 4.78 is 0. The van der Waals surface area contributed by atoms with Crippen LogP contribution in [0.5, 0.6) is 0 Å². The van der Waals surface area contributed by atoms with Gasteiger partial charge in [0, 0.05) is 6.42 Å². The predicted molar refractivity (Wildman–Crippen MR) is 62.0 cm³/mol. The first-order chi connectivity index (χ1) is 6.81. The molecule has 0 saturated carbocycles. The van der Waals surface area contributed by atoms with E-state index in [4.69, 9.17) is 5.26 Å². The van der Waals surface area contributed by atoms with E-state index in [9.17, 15) is 0 Å². The molecular weight excluding hydrogens is 170 g/mol. The summed E-state index contributed by atoms with van der Waals surface area (Å²) in [6.45, 7) is 4.43. The van der Waals surface area contributed by atoms with E-state index in [1.54, 1.807) is 0 Å². The lowest BCUT2D eigenvalue weighted by Crippen LogP contribution is -1.92. The molecule has 0 bridgehead atoms. The third-order valence-electron chi connectivity index (χ3n) is 2.74. The van der Waals surface area contributed by atoms with Crippen molar-refractivity contribution in [1.29, 1.82) is 5.26 Å². The highest BCUT2D eigenvalue weighted by Crippen LogP contribution is 2.14. The molecule has 0 aromatic carbocycles. The molecule has 0 heterocycles. The summed E-state index contributed by atoms with van der Waals surface area (Å²) in [6.07, 6.45) is 11.6. The largest absolute Gasteiger partial charge is 0.198 e. The van der Waals surface area contributed by atoms with Crippen LogP contribution < -0.4 is 0 Å². The van der Waals surface area contributed by atoms with E-state index in [0.717, 1.165) is 6.42 Å². The predicted octanol–water partition coefficient (Wildman–Crippen LogP) is 4.68. The standard InChI is InChI=1S/C13H25N/c1-3-4-5-6-7-8-9-10-13(2)11-12-14/h13H,3-11H2,1-2H3. The molecule has 1 unspecified atom stereocenters. The topological polar surface area (TPSA) is 23.8 Å². The molecule has 1 atom stereocenters. The van der Waals surface area contributed by atoms with Crippen LogP contribution in [0.3, 0.4) is 0 Å². The molecule has 0 spiro atoms. The van der Waals surface area contributed by atoms with Crippen LogP contribution in [-0.4, -0.2) is 0 Å². The fourth-order valence-corrected chi connectivity index (χ4v) is 1.71. The van der Waals surface area contributed by atoms with Gasteiger partial charge in [-0.05, 0) is 12.3 Å². The molecule has 0 aromatic heterocycles. The Morgan fingerprint density at radius 3 is 2.14 bits per heavy atom. The van der Waals surface area contributed by atoms with Gasteiger partial charge < -0.3 is 0 Å². The van der Waals surface area contributed by atoms with Gasteiger partial charge in [0.1, 0.15) is 0 Å². The van der Waals surface area contributed by atoms with Gasteiger partial charge in [-0.25, -0.2) is 0 Å². The van der Waals surface area contributed by atoms with E-state index in [2.05, 4.69) is 19.9 Å². The van der Waals surface area contributed by atoms with Crippen LogP contribution in [0.15, 0.2) is 0 Å². The van der Waals surface area contributed by atoms with Gasteiger partial charge in [0.05, 0.1) is 6.07 Å². The van der Waals surface area contributed by atoms with Crippen LogP contribution in [0.2, 0.25) is 0 Å². The van der Waals surface area contributed by atoms with Gasteiger partial charge in [-0.15, -0.1) is 0 Å². The zero-order valence-corrected chi connectivity index (χ0v) is 9.89. The van der Waals surface area contributed by atoms with E-state index in [-0.39, 0.29) is 0 Å². The Balaban J connectivity index is 3.02. The Kier molecular flexibility index (Phi) is 10.2. The Morgan fingerprint density at radius 2 is 1.57 bits per heavy atom. The molecule has 14 heavy (non-hydrogen) atoms. The van der Waals surface area contributed by atoms with Crippen molar-refractivity contribution in [1.82, 2.24) is 0 Å². The van der Waals surface area contributed by atoms with Gasteiger partial charge in [0.15, 0.2) is 0 Å². The maximum absolute atomic E-state index is 8.49. The minimum Gasteiger partial charge on any atom is -0.198 e. The van der Waals surface area contributed by atoms with E-state index in [1.807, 2.05) is 0 Å². The Hall–Kier alpha value is -0.510. The minimum atomic E-state index is 0.607. The second-order valence-electron chi connectivity index (χ2n) is 4.38. The first-order valence-electron chi connectivity index (χ1n) is 6.18. The third kappa shape index (κ3) is 9.58. The molecule has 0 saturated heterocycles. The van der Waals surface area contributed by atoms with Crippen molar-refractivity contribution in [2.45, 2.75) is 71.6 Å². The normalized spacial score (nSPS) is 12.4. The fourth-order valence-electron chi connectivity index (χ4n) is 1.71. The lowest BCUT2D eigenvalue weighted by atomic mass is 9.99. The zero-order valence-electron chi connectivity index (χ0n) is 9.89. The number of hydrogen-bond donors (Lipinski definition) is 0. The molecular formula is C13H25N. The molecule has 0 aliphatic rings. The van der Waals surface area contributed by atoms with Crippen LogP contribution in [0.4, 0.5) is 0 Å². The second kappa shape index (κ2) is 10.6. The van der Waals surface area contributed by atoms with Crippen LogP contribution in [-0.2, 0) is 0 Å². The SMILES string of the molecule is CCCCCCCCCC(C)CC#N. The Morgan fingerprint density at radius 1 is 1.00 bits per heavy atom. The summed E-state index contributed by atoms with van der Waals surface area (Å²) in [7, 11) is 0. The lowest BCUT2D eigenvalue weighted by Gasteiger charge is -2.05. The van der Waals surface area contributed by atoms with Crippen LogP contribution >= 0.6 is 0 Å². The molecule has 1 nitrogen and oxygen atoms in total. The van der Waals surface area contributed by atoms with Crippen molar-refractivity contribution in [3.63, 3.8) is 0 Å². The van der Waals surface area contributed by atoms with Crippen molar-refractivity contribution < 1.29 is 0 Å². The lowest BCUT2D eigenvalue weighted by molar-refractivity contribution is 0.488. The summed E-state index contributed by atoms with van der Waals surface area (Å²) in [5.74, 6) is 0.607. The summed E-state index contributed by atoms with van der Waals surface area (Å²) in [4.78, 5) is 0. The first kappa shape index (κ1) is 13.5. The van der Waals surface area contributed by atoms with Crippen LogP contribution in [0.1, 0.15) is 71.6 Å². The molecule has 0 radical (unpaired) electrons. The molecule has 1 heteroatoms. The molecule has 0 aliphatic carbocycles. The highest BCUT2D eigenvalue weighted by molar-refractivity contribution is 4.72. The van der Waals surface area contributed by atoms with E-state index in [0.29, 0.717) is 5.92 Å². The van der Waals surface area contributed by atoms with E-state index >= 15 is 0 Å². The van der Waals surface area contributed by atoms with Gasteiger partial charge in [0.25, 0.3) is 0 Å². The van der Waals surface area contributed by atoms with Gasteiger partial charge in [-0.1, -0.05) is 58.8 Å². The summed E-state index contributed by atoms with van der Waals surface area (Å²) in [5.41, 5.74) is 0. The van der Waals surface area contributed by atoms with Gasteiger partial charge >= 0.3 is 0 Å². The fraction of sp³-hybridized carbons (Fsp3) is 0.923. The average Bonchev–Trinajstić information content (AvgIpc) is 2.17. The molecule has 0 rings (SSSR count). The maximum atomic E-state index is 8.49. The quantitative estimate of drug-likeness (QED) is 0.490. The van der Waals surface area contributed by atoms with Crippen molar-refractivity contribution in [3.8, 4) is 6.07 Å². The second-order valence-corrected chi connectivity index (χ2v) is 4.38. The smallest absolute Gasteiger partial charge is 0.0624 e. The number of hydrogen-bond acceptors (Lipinski definition) is 1. The highest BCUT2D eigenvalue weighted by atomic mass is 14.2. The third-order valence-corrected chi connectivity index (χ3v) is 2.74. The Bertz CT molecular complexity index is 146. The molecule has 0 amide bonds. The number of unbranched alkanes of at least 4 members (excludes halogenated alkanes) is 6. The zero-order chi connectivity index (χ0) is 10.6. The summed E-state index contributed by atoms with van der Waals surface area (Å²) >= 11 is 0. The van der Waals surface area contributed by atoms with Crippen LogP contribution in [0.25, 0.3) is 0 Å². The average molecular weight is 195 g/mol. The number of nitriles is 1. The summed E-state index contributed by atoms with van der Waals surface area (Å²) in [5, 5.41) is 8.49. The van der Waals surface area contributed by atoms with E-state index < -0.39 is 0 Å². The van der Waals surface area contributed by atoms with Crippen molar-refractivity contribution >= 4 is 0 Å². The molecule has 82 valence electrons. The minimum absolute atomic E-state index is 0.607. The van der Waals surface area contributed by atoms with Crippen molar-refractivity contribution in [3.05, 3.63) is 0 Å². The van der Waals surface area contributed by atoms with Gasteiger partial charge in [-0.3, -0.25) is 0 Å². The van der Waals surface area contributed by atoms with Gasteiger partial charge in [-0.2, -0.15) is 5.26 Å². The van der Waals surface area contributed by atoms with E-state index in [1.165, 1.54) is 51.4 Å². The van der Waals surface area contributed by atoms with Crippen molar-refractivity contribution in [2.24, 2.45) is 5.92 Å². The Labute approximate surface area is 89.5 Å². The monoisotopic (exact) mass is 195 g/mol. The van der Waals surface area contributed by atoms with Gasteiger partial charge in [0.2, 0.25) is 0 Å². The van der Waals surface area contributed by atoms with Crippen LogP contribution in [0, 0.1) is 17.2 Å². The first-order valence-corrected chi connectivity index (χ1v) is 6.18. The molecule has 0 aromatic rings. The maximum Gasteiger partial charge on any atom is 0.0624 e. The molecule has 0 fully saturated rings. The molecule has 0 aliphatic heterocycles. The summed E-state index contributed by atoms with van der Waals surface area (Å²) in [6, 6.07) is 2.24. The highest BCUT2D eigenvalue weighted by Gasteiger charge is 2.00.